The van der Waals surface area contributed by atoms with Gasteiger partial charge in [0.2, 0.25) is 5.76 Å². The van der Waals surface area contributed by atoms with Crippen molar-refractivity contribution >= 4 is 16.9 Å². The third kappa shape index (κ3) is 3.36. The lowest BCUT2D eigenvalue weighted by molar-refractivity contribution is 0.0486. The van der Waals surface area contributed by atoms with Gasteiger partial charge in [-0.3, -0.25) is 9.59 Å². The molecule has 0 radical (unpaired) electrons. The van der Waals surface area contributed by atoms with Gasteiger partial charge in [-0.2, -0.15) is 0 Å². The molecule has 1 fully saturated rings. The van der Waals surface area contributed by atoms with Gasteiger partial charge in [0.15, 0.2) is 5.43 Å². The molecule has 0 spiro atoms. The predicted molar refractivity (Wildman–Crippen MR) is 124 cm³/mol. The minimum Gasteiger partial charge on any atom is -0.450 e. The first kappa shape index (κ1) is 21.0. The monoisotopic (exact) mass is 431 g/mol. The number of ether oxygens (including phenoxy) is 1. The van der Waals surface area contributed by atoms with Crippen molar-refractivity contribution in [3.8, 4) is 0 Å². The number of hydrogen-bond donors (Lipinski definition) is 0. The van der Waals surface area contributed by atoms with Gasteiger partial charge in [0, 0.05) is 13.2 Å². The number of nitrogens with zero attached hydrogens (tertiary/aromatic N) is 1. The number of carbonyl (C=O) groups excluding carboxylic acids is 1. The Balaban J connectivity index is 1.69. The Hall–Kier alpha value is -2.92. The SMILES string of the molecule is Cc1cc2oc3c(c(=O)c2cc1C)[C@H](c1ccc(C(C)C)cc1)N(C[C@H]1CCCO1)C3=O. The molecule has 1 saturated heterocycles. The van der Waals surface area contributed by atoms with Gasteiger partial charge in [0.1, 0.15) is 5.58 Å². The van der Waals surface area contributed by atoms with Crippen LogP contribution in [0.2, 0.25) is 0 Å². The minimum absolute atomic E-state index is 0.0142. The van der Waals surface area contributed by atoms with Crippen LogP contribution in [0.5, 0.6) is 0 Å². The maximum absolute atomic E-state index is 13.7. The van der Waals surface area contributed by atoms with Crippen LogP contribution >= 0.6 is 0 Å². The van der Waals surface area contributed by atoms with E-state index in [9.17, 15) is 9.59 Å². The molecule has 0 unspecified atom stereocenters. The van der Waals surface area contributed by atoms with Gasteiger partial charge in [0.25, 0.3) is 5.91 Å². The van der Waals surface area contributed by atoms with Crippen molar-refractivity contribution < 1.29 is 13.9 Å². The normalized spacial score (nSPS) is 20.5. The van der Waals surface area contributed by atoms with Crippen LogP contribution < -0.4 is 5.43 Å². The van der Waals surface area contributed by atoms with Gasteiger partial charge in [-0.05, 0) is 67.0 Å². The van der Waals surface area contributed by atoms with Crippen LogP contribution in [-0.4, -0.2) is 30.1 Å². The van der Waals surface area contributed by atoms with E-state index in [1.807, 2.05) is 38.1 Å². The highest BCUT2D eigenvalue weighted by Gasteiger charge is 2.43. The van der Waals surface area contributed by atoms with Gasteiger partial charge in [-0.15, -0.1) is 0 Å². The van der Waals surface area contributed by atoms with Crippen LogP contribution in [0.3, 0.4) is 0 Å². The van der Waals surface area contributed by atoms with Crippen LogP contribution in [-0.2, 0) is 4.74 Å². The largest absolute Gasteiger partial charge is 0.450 e. The van der Waals surface area contributed by atoms with E-state index < -0.39 is 6.04 Å². The smallest absolute Gasteiger partial charge is 0.291 e. The quantitative estimate of drug-likeness (QED) is 0.566. The molecule has 0 N–H and O–H groups in total. The third-order valence-electron chi connectivity index (χ3n) is 6.93. The van der Waals surface area contributed by atoms with E-state index in [2.05, 4.69) is 26.0 Å². The van der Waals surface area contributed by atoms with Crippen LogP contribution in [0, 0.1) is 13.8 Å². The fraction of sp³-hybridized carbons (Fsp3) is 0.407. The zero-order valence-corrected chi connectivity index (χ0v) is 19.1. The second-order valence-electron chi connectivity index (χ2n) is 9.42. The minimum atomic E-state index is -0.467. The fourth-order valence-electron chi connectivity index (χ4n) is 4.88. The summed E-state index contributed by atoms with van der Waals surface area (Å²) in [6, 6.07) is 11.5. The molecule has 5 rings (SSSR count). The Bertz CT molecular complexity index is 1250. The molecule has 5 heteroatoms. The first-order valence-corrected chi connectivity index (χ1v) is 11.5. The summed E-state index contributed by atoms with van der Waals surface area (Å²) in [6.45, 7) is 9.43. The molecular weight excluding hydrogens is 402 g/mol. The van der Waals surface area contributed by atoms with E-state index in [0.717, 1.165) is 29.5 Å². The second kappa shape index (κ2) is 7.89. The molecule has 0 bridgehead atoms. The molecule has 3 aromatic rings. The van der Waals surface area contributed by atoms with E-state index in [4.69, 9.17) is 9.15 Å². The highest BCUT2D eigenvalue weighted by molar-refractivity contribution is 5.99. The Morgan fingerprint density at radius 3 is 2.44 bits per heavy atom. The van der Waals surface area contributed by atoms with Crippen molar-refractivity contribution in [1.82, 2.24) is 4.90 Å². The zero-order valence-electron chi connectivity index (χ0n) is 19.1. The van der Waals surface area contributed by atoms with Crippen molar-refractivity contribution in [3.63, 3.8) is 0 Å². The number of rotatable bonds is 4. The van der Waals surface area contributed by atoms with Gasteiger partial charge in [-0.1, -0.05) is 38.1 Å². The standard InChI is InChI=1S/C27H29NO4/c1-15(2)18-7-9-19(10-8-18)24-23-25(29)21-12-16(3)17(4)13-22(21)32-26(23)27(30)28(24)14-20-6-5-11-31-20/h7-10,12-13,15,20,24H,5-6,11,14H2,1-4H3/t20-,24+/m1/s1. The molecule has 1 amide bonds. The molecule has 1 aromatic heterocycles. The number of hydrogen-bond acceptors (Lipinski definition) is 4. The van der Waals surface area contributed by atoms with Gasteiger partial charge < -0.3 is 14.1 Å². The molecule has 2 aliphatic rings. The Kier molecular flexibility index (Phi) is 5.17. The maximum atomic E-state index is 13.7. The summed E-state index contributed by atoms with van der Waals surface area (Å²) in [5.41, 5.74) is 5.01. The number of amides is 1. The molecule has 5 nitrogen and oxygen atoms in total. The van der Waals surface area contributed by atoms with Crippen molar-refractivity contribution in [1.29, 1.82) is 0 Å². The highest BCUT2D eigenvalue weighted by Crippen LogP contribution is 2.39. The molecule has 0 saturated carbocycles. The lowest BCUT2D eigenvalue weighted by Gasteiger charge is -2.27. The average Bonchev–Trinajstić information content (AvgIpc) is 3.38. The summed E-state index contributed by atoms with van der Waals surface area (Å²) in [5, 5.41) is 0.530. The Labute approximate surface area is 188 Å². The van der Waals surface area contributed by atoms with E-state index >= 15 is 0 Å². The van der Waals surface area contributed by atoms with E-state index in [0.29, 0.717) is 35.6 Å². The molecule has 2 atom stereocenters. The zero-order chi connectivity index (χ0) is 22.6. The molecule has 2 aromatic carbocycles. The molecular formula is C27H29NO4. The van der Waals surface area contributed by atoms with Crippen molar-refractivity contribution in [2.75, 3.05) is 13.2 Å². The number of fused-ring (bicyclic) bond motifs is 2. The summed E-state index contributed by atoms with van der Waals surface area (Å²) < 4.78 is 11.9. The predicted octanol–water partition coefficient (Wildman–Crippen LogP) is 5.26. The number of aryl methyl sites for hydroxylation is 2. The highest BCUT2D eigenvalue weighted by atomic mass is 16.5. The van der Waals surface area contributed by atoms with Crippen LogP contribution in [0.15, 0.2) is 45.6 Å². The molecule has 0 aliphatic carbocycles. The van der Waals surface area contributed by atoms with Crippen LogP contribution in [0.4, 0.5) is 0 Å². The topological polar surface area (TPSA) is 59.8 Å². The van der Waals surface area contributed by atoms with Crippen molar-refractivity contribution in [3.05, 3.63) is 80.2 Å². The fourth-order valence-corrected chi connectivity index (χ4v) is 4.88. The molecule has 32 heavy (non-hydrogen) atoms. The van der Waals surface area contributed by atoms with Crippen LogP contribution in [0.1, 0.15) is 77.0 Å². The van der Waals surface area contributed by atoms with Gasteiger partial charge >= 0.3 is 0 Å². The van der Waals surface area contributed by atoms with E-state index in [-0.39, 0.29) is 23.2 Å². The summed E-state index contributed by atoms with van der Waals surface area (Å²) >= 11 is 0. The number of carbonyl (C=O) groups is 1. The summed E-state index contributed by atoms with van der Waals surface area (Å²) in [4.78, 5) is 29.0. The second-order valence-corrected chi connectivity index (χ2v) is 9.42. The maximum Gasteiger partial charge on any atom is 0.291 e. The van der Waals surface area contributed by atoms with Crippen molar-refractivity contribution in [2.24, 2.45) is 0 Å². The van der Waals surface area contributed by atoms with E-state index in [1.54, 1.807) is 4.90 Å². The summed E-state index contributed by atoms with van der Waals surface area (Å²) in [7, 11) is 0. The molecule has 3 heterocycles. The third-order valence-corrected chi connectivity index (χ3v) is 6.93. The van der Waals surface area contributed by atoms with Crippen LogP contribution in [0.25, 0.3) is 11.0 Å². The van der Waals surface area contributed by atoms with Gasteiger partial charge in [-0.25, -0.2) is 0 Å². The lowest BCUT2D eigenvalue weighted by Crippen LogP contribution is -2.36. The lowest BCUT2D eigenvalue weighted by atomic mass is 9.94. The molecule has 2 aliphatic heterocycles. The molecule has 166 valence electrons. The van der Waals surface area contributed by atoms with Crippen molar-refractivity contribution in [2.45, 2.75) is 58.6 Å². The van der Waals surface area contributed by atoms with Gasteiger partial charge in [0.05, 0.1) is 23.1 Å². The first-order chi connectivity index (χ1) is 15.3. The first-order valence-electron chi connectivity index (χ1n) is 11.5. The number of benzene rings is 2. The Morgan fingerprint density at radius 2 is 1.78 bits per heavy atom. The summed E-state index contributed by atoms with van der Waals surface area (Å²) in [6.07, 6.45) is 1.90. The van der Waals surface area contributed by atoms with E-state index in [1.165, 1.54) is 5.56 Å². The summed E-state index contributed by atoms with van der Waals surface area (Å²) in [5.74, 6) is 0.345. The average molecular weight is 432 g/mol. The Morgan fingerprint density at radius 1 is 1.06 bits per heavy atom.